The Morgan fingerprint density at radius 3 is 2.57 bits per heavy atom. The number of aromatic nitrogens is 1. The average Bonchev–Trinajstić information content (AvgIpc) is 3.03. The first-order valence-electron chi connectivity index (χ1n) is 4.96. The maximum absolute atomic E-state index is 11.5. The zero-order valence-electron chi connectivity index (χ0n) is 7.79. The van der Waals surface area contributed by atoms with Crippen LogP contribution in [0.5, 0.6) is 0 Å². The summed E-state index contributed by atoms with van der Waals surface area (Å²) in [5.74, 6) is 0.678. The van der Waals surface area contributed by atoms with Crippen LogP contribution < -0.4 is 5.56 Å². The van der Waals surface area contributed by atoms with Crippen molar-refractivity contribution in [3.63, 3.8) is 0 Å². The number of fused-ring (bicyclic) bond motifs is 1. The molecule has 14 heavy (non-hydrogen) atoms. The minimum absolute atomic E-state index is 0.0185. The molecule has 3 rings (SSSR count). The minimum atomic E-state index is 0.0185. The largest absolute Gasteiger partial charge is 0.328 e. The van der Waals surface area contributed by atoms with Gasteiger partial charge in [0.05, 0.1) is 0 Å². The van der Waals surface area contributed by atoms with Crippen molar-refractivity contribution in [2.75, 3.05) is 0 Å². The second-order valence-corrected chi connectivity index (χ2v) is 3.89. The van der Waals surface area contributed by atoms with Crippen LogP contribution in [-0.2, 0) is 0 Å². The first-order valence-corrected chi connectivity index (χ1v) is 4.96. The van der Waals surface area contributed by atoms with E-state index in [0.29, 0.717) is 5.92 Å². The van der Waals surface area contributed by atoms with E-state index >= 15 is 0 Å². The summed E-state index contributed by atoms with van der Waals surface area (Å²) in [7, 11) is 0. The zero-order valence-corrected chi connectivity index (χ0v) is 7.79. The number of benzene rings is 1. The Morgan fingerprint density at radius 2 is 1.86 bits per heavy atom. The predicted molar refractivity (Wildman–Crippen MR) is 56.5 cm³/mol. The molecule has 1 fully saturated rings. The van der Waals surface area contributed by atoms with E-state index in [1.54, 1.807) is 0 Å². The summed E-state index contributed by atoms with van der Waals surface area (Å²) in [4.78, 5) is 14.3. The fourth-order valence-corrected chi connectivity index (χ4v) is 1.96. The van der Waals surface area contributed by atoms with Gasteiger partial charge in [0.2, 0.25) is 0 Å². The molecule has 1 heterocycles. The Kier molecular flexibility index (Phi) is 1.51. The van der Waals surface area contributed by atoms with Crippen molar-refractivity contribution in [3.8, 4) is 0 Å². The van der Waals surface area contributed by atoms with Crippen molar-refractivity contribution in [2.24, 2.45) is 0 Å². The van der Waals surface area contributed by atoms with E-state index in [4.69, 9.17) is 0 Å². The predicted octanol–water partition coefficient (Wildman–Crippen LogP) is 2.41. The lowest BCUT2D eigenvalue weighted by molar-refractivity contribution is 1.10. The van der Waals surface area contributed by atoms with Gasteiger partial charge in [0.25, 0.3) is 5.56 Å². The summed E-state index contributed by atoms with van der Waals surface area (Å²) in [5, 5.41) is 1.94. The number of hydrogen-bond donors (Lipinski definition) is 1. The van der Waals surface area contributed by atoms with Crippen LogP contribution >= 0.6 is 0 Å². The topological polar surface area (TPSA) is 32.9 Å². The highest BCUT2D eigenvalue weighted by atomic mass is 16.1. The molecule has 2 nitrogen and oxygen atoms in total. The lowest BCUT2D eigenvalue weighted by atomic mass is 10.0. The van der Waals surface area contributed by atoms with Crippen LogP contribution in [-0.4, -0.2) is 4.98 Å². The van der Waals surface area contributed by atoms with Crippen molar-refractivity contribution in [1.29, 1.82) is 0 Å². The molecule has 1 saturated carbocycles. The van der Waals surface area contributed by atoms with Crippen molar-refractivity contribution in [2.45, 2.75) is 18.8 Å². The van der Waals surface area contributed by atoms with Gasteiger partial charge in [-0.15, -0.1) is 0 Å². The molecule has 0 aliphatic heterocycles. The van der Waals surface area contributed by atoms with E-state index in [1.165, 1.54) is 18.4 Å². The summed E-state index contributed by atoms with van der Waals surface area (Å²) in [6.07, 6.45) is 4.40. The quantitative estimate of drug-likeness (QED) is 0.727. The Labute approximate surface area is 81.6 Å². The van der Waals surface area contributed by atoms with Gasteiger partial charge in [-0.3, -0.25) is 4.79 Å². The molecule has 1 aliphatic rings. The zero-order chi connectivity index (χ0) is 9.54. The van der Waals surface area contributed by atoms with Crippen LogP contribution in [0.1, 0.15) is 24.3 Å². The molecule has 2 heteroatoms. The fourth-order valence-electron chi connectivity index (χ4n) is 1.96. The number of rotatable bonds is 1. The molecule has 0 atom stereocenters. The molecule has 1 aliphatic carbocycles. The smallest absolute Gasteiger partial charge is 0.255 e. The van der Waals surface area contributed by atoms with Crippen molar-refractivity contribution in [3.05, 3.63) is 46.4 Å². The molecule has 0 radical (unpaired) electrons. The standard InChI is InChI=1S/C12H11NO/c14-12-10-4-2-1-3-9(10)11(7-13-12)8-5-6-8/h1-4,7-8H,5-6H2,(H,13,14). The minimum Gasteiger partial charge on any atom is -0.328 e. The maximum Gasteiger partial charge on any atom is 0.255 e. The lowest BCUT2D eigenvalue weighted by Gasteiger charge is -2.03. The molecule has 0 bridgehead atoms. The molecule has 70 valence electrons. The molecule has 0 amide bonds. The van der Waals surface area contributed by atoms with Crippen LogP contribution in [0.25, 0.3) is 10.8 Å². The molecule has 1 N–H and O–H groups in total. The summed E-state index contributed by atoms with van der Waals surface area (Å²) < 4.78 is 0. The van der Waals surface area contributed by atoms with E-state index in [9.17, 15) is 4.79 Å². The second-order valence-electron chi connectivity index (χ2n) is 3.89. The van der Waals surface area contributed by atoms with Crippen molar-refractivity contribution >= 4 is 10.8 Å². The number of aromatic amines is 1. The van der Waals surface area contributed by atoms with E-state index in [2.05, 4.69) is 4.98 Å². The van der Waals surface area contributed by atoms with Gasteiger partial charge in [-0.25, -0.2) is 0 Å². The highest BCUT2D eigenvalue weighted by Crippen LogP contribution is 2.42. The van der Waals surface area contributed by atoms with Gasteiger partial charge in [-0.1, -0.05) is 18.2 Å². The van der Waals surface area contributed by atoms with E-state index in [0.717, 1.165) is 10.8 Å². The number of pyridine rings is 1. The Bertz CT molecular complexity index is 537. The number of H-pyrrole nitrogens is 1. The third-order valence-electron chi connectivity index (χ3n) is 2.86. The van der Waals surface area contributed by atoms with Gasteiger partial charge in [-0.2, -0.15) is 0 Å². The summed E-state index contributed by atoms with van der Waals surface area (Å²) in [5.41, 5.74) is 1.32. The van der Waals surface area contributed by atoms with Gasteiger partial charge < -0.3 is 4.98 Å². The second kappa shape index (κ2) is 2.71. The van der Waals surface area contributed by atoms with E-state index in [-0.39, 0.29) is 5.56 Å². The number of nitrogens with one attached hydrogen (secondary N) is 1. The molecule has 0 saturated heterocycles. The van der Waals surface area contributed by atoms with Gasteiger partial charge in [0, 0.05) is 11.6 Å². The fraction of sp³-hybridized carbons (Fsp3) is 0.250. The SMILES string of the molecule is O=c1[nH]cc(C2CC2)c2ccccc12. The normalized spacial score (nSPS) is 16.0. The molecule has 0 unspecified atom stereocenters. The van der Waals surface area contributed by atoms with Crippen LogP contribution in [0.15, 0.2) is 35.3 Å². The highest BCUT2D eigenvalue weighted by molar-refractivity contribution is 5.85. The van der Waals surface area contributed by atoms with E-state index in [1.807, 2.05) is 30.5 Å². The van der Waals surface area contributed by atoms with E-state index < -0.39 is 0 Å². The van der Waals surface area contributed by atoms with Crippen LogP contribution in [0.3, 0.4) is 0 Å². The first-order chi connectivity index (χ1) is 6.86. The summed E-state index contributed by atoms with van der Waals surface area (Å²) in [6, 6.07) is 7.83. The summed E-state index contributed by atoms with van der Waals surface area (Å²) >= 11 is 0. The van der Waals surface area contributed by atoms with Gasteiger partial charge in [0.15, 0.2) is 0 Å². The monoisotopic (exact) mass is 185 g/mol. The molecular weight excluding hydrogens is 174 g/mol. The summed E-state index contributed by atoms with van der Waals surface area (Å²) in [6.45, 7) is 0. The Morgan fingerprint density at radius 1 is 1.14 bits per heavy atom. The van der Waals surface area contributed by atoms with Crippen LogP contribution in [0, 0.1) is 0 Å². The third-order valence-corrected chi connectivity index (χ3v) is 2.86. The van der Waals surface area contributed by atoms with Crippen molar-refractivity contribution < 1.29 is 0 Å². The molecule has 1 aromatic carbocycles. The van der Waals surface area contributed by atoms with Crippen LogP contribution in [0.2, 0.25) is 0 Å². The highest BCUT2D eigenvalue weighted by Gasteiger charge is 2.25. The average molecular weight is 185 g/mol. The molecule has 0 spiro atoms. The Balaban J connectivity index is 2.41. The number of hydrogen-bond acceptors (Lipinski definition) is 1. The lowest BCUT2D eigenvalue weighted by Crippen LogP contribution is -2.06. The van der Waals surface area contributed by atoms with Crippen LogP contribution in [0.4, 0.5) is 0 Å². The maximum atomic E-state index is 11.5. The van der Waals surface area contributed by atoms with Gasteiger partial charge in [-0.05, 0) is 35.8 Å². The molecule has 1 aromatic heterocycles. The van der Waals surface area contributed by atoms with Crippen molar-refractivity contribution in [1.82, 2.24) is 4.98 Å². The Hall–Kier alpha value is -1.57. The molecular formula is C12H11NO. The molecule has 2 aromatic rings. The first kappa shape index (κ1) is 7.80. The third kappa shape index (κ3) is 1.07. The van der Waals surface area contributed by atoms with Gasteiger partial charge in [0.1, 0.15) is 0 Å². The van der Waals surface area contributed by atoms with Gasteiger partial charge >= 0.3 is 0 Å².